The second-order valence-corrected chi connectivity index (χ2v) is 16.8. The maximum Gasteiger partial charge on any atom is 0.306 e. The standard InChI is InChI=1S/C53H94O6/c1-4-7-10-13-16-19-22-24-25-26-27-29-31-34-37-40-43-46-52(55)58-49-50(48-57-51(54)45-42-39-36-33-30-21-18-15-12-9-6-3)59-53(56)47-44-41-38-35-32-28-23-20-17-14-11-8-5-2/h8,11,14,17,20,23,28,32,50H,4-7,9-10,12-13,15-16,18-19,21-22,24-27,29-31,33-49H2,1-3H3/b11-8-,17-14-,23-20-,32-28-. The maximum atomic E-state index is 12.7. The Hall–Kier alpha value is -2.63. The van der Waals surface area contributed by atoms with Gasteiger partial charge in [0, 0.05) is 19.3 Å². The van der Waals surface area contributed by atoms with Crippen molar-refractivity contribution in [3.63, 3.8) is 0 Å². The van der Waals surface area contributed by atoms with Crippen LogP contribution in [0.2, 0.25) is 0 Å². The van der Waals surface area contributed by atoms with E-state index in [9.17, 15) is 14.4 Å². The van der Waals surface area contributed by atoms with E-state index in [4.69, 9.17) is 14.2 Å². The summed E-state index contributed by atoms with van der Waals surface area (Å²) in [4.78, 5) is 37.9. The molecule has 0 aliphatic heterocycles. The van der Waals surface area contributed by atoms with Crippen LogP contribution in [-0.2, 0) is 28.6 Å². The van der Waals surface area contributed by atoms with E-state index in [1.807, 2.05) is 36.5 Å². The van der Waals surface area contributed by atoms with Gasteiger partial charge in [-0.25, -0.2) is 0 Å². The molecule has 0 rings (SSSR count). The third kappa shape index (κ3) is 46.3. The largest absolute Gasteiger partial charge is 0.462 e. The second-order valence-electron chi connectivity index (χ2n) is 16.8. The Labute approximate surface area is 365 Å². The molecule has 0 N–H and O–H groups in total. The van der Waals surface area contributed by atoms with E-state index in [0.29, 0.717) is 12.8 Å². The molecule has 0 saturated carbocycles. The fraction of sp³-hybridized carbons (Fsp3) is 0.792. The highest BCUT2D eigenvalue weighted by Gasteiger charge is 2.19. The zero-order valence-electron chi connectivity index (χ0n) is 39.0. The normalized spacial score (nSPS) is 12.4. The average Bonchev–Trinajstić information content (AvgIpc) is 3.23. The van der Waals surface area contributed by atoms with E-state index in [0.717, 1.165) is 70.6 Å². The smallest absolute Gasteiger partial charge is 0.306 e. The van der Waals surface area contributed by atoms with Crippen molar-refractivity contribution in [3.05, 3.63) is 48.6 Å². The molecule has 342 valence electrons. The fourth-order valence-electron chi connectivity index (χ4n) is 7.16. The van der Waals surface area contributed by atoms with Crippen molar-refractivity contribution < 1.29 is 28.6 Å². The van der Waals surface area contributed by atoms with Crippen LogP contribution in [0.3, 0.4) is 0 Å². The van der Waals surface area contributed by atoms with Gasteiger partial charge in [-0.2, -0.15) is 0 Å². The van der Waals surface area contributed by atoms with E-state index in [-0.39, 0.29) is 37.5 Å². The van der Waals surface area contributed by atoms with Gasteiger partial charge in [0.25, 0.3) is 0 Å². The van der Waals surface area contributed by atoms with Crippen LogP contribution in [-0.4, -0.2) is 37.2 Å². The molecule has 0 radical (unpaired) electrons. The van der Waals surface area contributed by atoms with Crippen molar-refractivity contribution in [3.8, 4) is 0 Å². The van der Waals surface area contributed by atoms with E-state index in [2.05, 4.69) is 32.9 Å². The van der Waals surface area contributed by atoms with Gasteiger partial charge in [-0.15, -0.1) is 0 Å². The zero-order valence-corrected chi connectivity index (χ0v) is 39.0. The average molecular weight is 827 g/mol. The lowest BCUT2D eigenvalue weighted by molar-refractivity contribution is -0.167. The number of esters is 3. The van der Waals surface area contributed by atoms with Gasteiger partial charge in [0.2, 0.25) is 0 Å². The summed E-state index contributed by atoms with van der Waals surface area (Å²) in [6, 6.07) is 0. The van der Waals surface area contributed by atoms with Crippen LogP contribution in [0.25, 0.3) is 0 Å². The van der Waals surface area contributed by atoms with Crippen molar-refractivity contribution in [2.45, 2.75) is 258 Å². The lowest BCUT2D eigenvalue weighted by Crippen LogP contribution is -2.30. The molecule has 0 amide bonds. The number of carbonyl (C=O) groups is 3. The Morgan fingerprint density at radius 3 is 1.03 bits per heavy atom. The van der Waals surface area contributed by atoms with E-state index in [1.165, 1.54) is 141 Å². The number of rotatable bonds is 45. The molecule has 0 saturated heterocycles. The Morgan fingerprint density at radius 1 is 0.356 bits per heavy atom. The predicted octanol–water partition coefficient (Wildman–Crippen LogP) is 16.3. The van der Waals surface area contributed by atoms with Crippen LogP contribution >= 0.6 is 0 Å². The summed E-state index contributed by atoms with van der Waals surface area (Å²) in [5, 5.41) is 0. The van der Waals surface area contributed by atoms with Gasteiger partial charge in [-0.1, -0.05) is 243 Å². The molecule has 6 nitrogen and oxygen atoms in total. The molecule has 59 heavy (non-hydrogen) atoms. The van der Waals surface area contributed by atoms with Gasteiger partial charge in [0.15, 0.2) is 6.10 Å². The number of unbranched alkanes of at least 4 members (excludes halogenated alkanes) is 29. The van der Waals surface area contributed by atoms with Crippen LogP contribution in [0.4, 0.5) is 0 Å². The number of hydrogen-bond acceptors (Lipinski definition) is 6. The molecule has 0 aromatic heterocycles. The van der Waals surface area contributed by atoms with Gasteiger partial charge < -0.3 is 14.2 Å². The summed E-state index contributed by atoms with van der Waals surface area (Å²) >= 11 is 0. The minimum atomic E-state index is -0.787. The molecular weight excluding hydrogens is 733 g/mol. The van der Waals surface area contributed by atoms with Gasteiger partial charge >= 0.3 is 17.9 Å². The van der Waals surface area contributed by atoms with Crippen molar-refractivity contribution in [2.24, 2.45) is 0 Å². The Bertz CT molecular complexity index is 1040. The van der Waals surface area contributed by atoms with Gasteiger partial charge in [0.05, 0.1) is 0 Å². The van der Waals surface area contributed by atoms with E-state index in [1.54, 1.807) is 0 Å². The predicted molar refractivity (Wildman–Crippen MR) is 252 cm³/mol. The summed E-state index contributed by atoms with van der Waals surface area (Å²) in [5.41, 5.74) is 0. The van der Waals surface area contributed by atoms with Gasteiger partial charge in [-0.05, 0) is 38.5 Å². The van der Waals surface area contributed by atoms with E-state index >= 15 is 0 Å². The van der Waals surface area contributed by atoms with Crippen molar-refractivity contribution in [1.29, 1.82) is 0 Å². The molecule has 0 aliphatic carbocycles. The molecule has 0 aliphatic rings. The molecule has 1 atom stereocenters. The number of allylic oxidation sites excluding steroid dienone is 8. The van der Waals surface area contributed by atoms with Crippen LogP contribution < -0.4 is 0 Å². The van der Waals surface area contributed by atoms with Crippen LogP contribution in [0.5, 0.6) is 0 Å². The first-order valence-corrected chi connectivity index (χ1v) is 25.2. The Balaban J connectivity index is 4.36. The number of carbonyl (C=O) groups excluding carboxylic acids is 3. The fourth-order valence-corrected chi connectivity index (χ4v) is 7.16. The van der Waals surface area contributed by atoms with Crippen molar-refractivity contribution in [1.82, 2.24) is 0 Å². The van der Waals surface area contributed by atoms with Crippen LogP contribution in [0, 0.1) is 0 Å². The number of hydrogen-bond donors (Lipinski definition) is 0. The lowest BCUT2D eigenvalue weighted by Gasteiger charge is -2.18. The van der Waals surface area contributed by atoms with Crippen LogP contribution in [0.15, 0.2) is 48.6 Å². The highest BCUT2D eigenvalue weighted by molar-refractivity contribution is 5.71. The van der Waals surface area contributed by atoms with Crippen molar-refractivity contribution >= 4 is 17.9 Å². The monoisotopic (exact) mass is 827 g/mol. The first-order valence-electron chi connectivity index (χ1n) is 25.2. The summed E-state index contributed by atoms with van der Waals surface area (Å²) in [5.74, 6) is -0.918. The third-order valence-electron chi connectivity index (χ3n) is 10.9. The number of ether oxygens (including phenoxy) is 3. The first kappa shape index (κ1) is 56.4. The summed E-state index contributed by atoms with van der Waals surface area (Å²) in [6.07, 6.45) is 56.7. The molecule has 0 fully saturated rings. The minimum Gasteiger partial charge on any atom is -0.462 e. The topological polar surface area (TPSA) is 78.9 Å². The quantitative estimate of drug-likeness (QED) is 0.0263. The molecule has 0 aromatic carbocycles. The lowest BCUT2D eigenvalue weighted by atomic mass is 10.0. The first-order chi connectivity index (χ1) is 29.0. The molecule has 6 heteroatoms. The third-order valence-corrected chi connectivity index (χ3v) is 10.9. The maximum absolute atomic E-state index is 12.7. The summed E-state index contributed by atoms with van der Waals surface area (Å²) in [7, 11) is 0. The molecule has 1 unspecified atom stereocenters. The second kappa shape index (κ2) is 48.0. The molecule has 0 spiro atoms. The molecule has 0 bridgehead atoms. The molecular formula is C53H94O6. The summed E-state index contributed by atoms with van der Waals surface area (Å²) in [6.45, 7) is 6.47. The molecule has 0 aromatic rings. The van der Waals surface area contributed by atoms with Gasteiger partial charge in [0.1, 0.15) is 13.2 Å². The highest BCUT2D eigenvalue weighted by atomic mass is 16.6. The SMILES string of the molecule is CC\C=C/C=C\C=C/C=C\CCCCCC(=O)OC(COC(=O)CCCCCCCCCCCCC)COC(=O)CCCCCCCCCCCCCCCCCCC. The van der Waals surface area contributed by atoms with Crippen LogP contribution in [0.1, 0.15) is 252 Å². The van der Waals surface area contributed by atoms with E-state index < -0.39 is 6.10 Å². The van der Waals surface area contributed by atoms with Gasteiger partial charge in [-0.3, -0.25) is 14.4 Å². The minimum absolute atomic E-state index is 0.0857. The Morgan fingerprint density at radius 2 is 0.661 bits per heavy atom. The molecule has 0 heterocycles. The van der Waals surface area contributed by atoms with Crippen molar-refractivity contribution in [2.75, 3.05) is 13.2 Å². The Kier molecular flexibility index (Phi) is 45.9. The summed E-state index contributed by atoms with van der Waals surface area (Å²) < 4.78 is 16.7. The highest BCUT2D eigenvalue weighted by Crippen LogP contribution is 2.16. The zero-order chi connectivity index (χ0) is 43.0.